The van der Waals surface area contributed by atoms with Crippen LogP contribution >= 0.6 is 0 Å². The van der Waals surface area contributed by atoms with Gasteiger partial charge in [-0.05, 0) is 36.5 Å². The van der Waals surface area contributed by atoms with E-state index in [1.807, 2.05) is 0 Å². The minimum absolute atomic E-state index is 0.408. The Hall–Kier alpha value is -0.430. The van der Waals surface area contributed by atoms with Gasteiger partial charge >= 0.3 is 0 Å². The van der Waals surface area contributed by atoms with Gasteiger partial charge in [-0.1, -0.05) is 31.4 Å². The molecule has 0 saturated heterocycles. The number of hydrogen-bond acceptors (Lipinski definition) is 0. The average Bonchev–Trinajstić information content (AvgIpc) is 2.30. The van der Waals surface area contributed by atoms with E-state index < -0.39 is 0 Å². The lowest BCUT2D eigenvalue weighted by atomic mass is 9.84. The van der Waals surface area contributed by atoms with Crippen LogP contribution < -0.4 is 0 Å². The van der Waals surface area contributed by atoms with Crippen molar-refractivity contribution in [2.45, 2.75) is 42.9 Å². The van der Waals surface area contributed by atoms with E-state index >= 15 is 0 Å². The van der Waals surface area contributed by atoms with Crippen LogP contribution in [0.4, 0.5) is 0 Å². The summed E-state index contributed by atoms with van der Waals surface area (Å²) in [6.07, 6.45) is 11.7. The van der Waals surface area contributed by atoms with Gasteiger partial charge in [0.1, 0.15) is 12.5 Å². The minimum Gasteiger partial charge on any atom is -0.0538 e. The lowest BCUT2D eigenvalue weighted by molar-refractivity contribution is 0.443. The summed E-state index contributed by atoms with van der Waals surface area (Å²) in [4.78, 5) is 1.49. The molecular weight excluding hydrogens is 200 g/mol. The first-order valence-corrected chi connectivity index (χ1v) is 7.99. The number of benzene rings is 1. The van der Waals surface area contributed by atoms with Gasteiger partial charge in [0.05, 0.1) is 0 Å². The first-order chi connectivity index (χ1) is 7.27. The second-order valence-electron chi connectivity index (χ2n) is 4.72. The maximum absolute atomic E-state index is 2.36. The third-order valence-electron chi connectivity index (χ3n) is 3.43. The molecule has 15 heavy (non-hydrogen) atoms. The zero-order valence-corrected chi connectivity index (χ0v) is 10.6. The molecule has 1 aromatic rings. The summed E-state index contributed by atoms with van der Waals surface area (Å²) in [6, 6.07) is 9.37. The molecule has 0 atom stereocenters. The maximum Gasteiger partial charge on any atom is 0.154 e. The van der Waals surface area contributed by atoms with Crippen molar-refractivity contribution in [3.05, 3.63) is 29.8 Å². The molecule has 0 heterocycles. The zero-order chi connectivity index (χ0) is 10.7. The molecule has 1 aliphatic rings. The van der Waals surface area contributed by atoms with Crippen LogP contribution in [0, 0.1) is 0 Å². The molecular formula is C14H21S+. The van der Waals surface area contributed by atoms with Crippen molar-refractivity contribution in [1.29, 1.82) is 0 Å². The van der Waals surface area contributed by atoms with Crippen LogP contribution in [0.15, 0.2) is 29.2 Å². The van der Waals surface area contributed by atoms with Gasteiger partial charge in [0.15, 0.2) is 4.90 Å². The molecule has 1 heteroatoms. The van der Waals surface area contributed by atoms with Crippen molar-refractivity contribution in [1.82, 2.24) is 0 Å². The van der Waals surface area contributed by atoms with Crippen LogP contribution in [0.1, 0.15) is 43.6 Å². The van der Waals surface area contributed by atoms with Crippen LogP contribution in [0.2, 0.25) is 0 Å². The van der Waals surface area contributed by atoms with E-state index in [1.165, 1.54) is 37.0 Å². The molecule has 0 N–H and O–H groups in total. The van der Waals surface area contributed by atoms with E-state index in [-0.39, 0.29) is 0 Å². The van der Waals surface area contributed by atoms with Gasteiger partial charge in [-0.15, -0.1) is 0 Å². The van der Waals surface area contributed by atoms with Gasteiger partial charge < -0.3 is 0 Å². The van der Waals surface area contributed by atoms with Crippen LogP contribution in [0.25, 0.3) is 0 Å². The predicted octanol–water partition coefficient (Wildman–Crippen LogP) is 3.97. The number of hydrogen-bond donors (Lipinski definition) is 0. The van der Waals surface area contributed by atoms with Gasteiger partial charge in [0.25, 0.3) is 0 Å². The van der Waals surface area contributed by atoms with Crippen molar-refractivity contribution < 1.29 is 0 Å². The van der Waals surface area contributed by atoms with Gasteiger partial charge in [0, 0.05) is 10.9 Å². The Morgan fingerprint density at radius 3 is 2.07 bits per heavy atom. The first-order valence-electron chi connectivity index (χ1n) is 5.95. The zero-order valence-electron chi connectivity index (χ0n) is 9.83. The summed E-state index contributed by atoms with van der Waals surface area (Å²) < 4.78 is 0. The largest absolute Gasteiger partial charge is 0.154 e. The fourth-order valence-corrected chi connectivity index (χ4v) is 3.13. The predicted molar refractivity (Wildman–Crippen MR) is 69.7 cm³/mol. The van der Waals surface area contributed by atoms with Crippen LogP contribution in [0.5, 0.6) is 0 Å². The SMILES string of the molecule is C[S+](C)c1ccc(C2CCCCC2)cc1. The van der Waals surface area contributed by atoms with Crippen molar-refractivity contribution in [3.63, 3.8) is 0 Å². The van der Waals surface area contributed by atoms with E-state index in [1.54, 1.807) is 5.56 Å². The quantitative estimate of drug-likeness (QED) is 0.663. The minimum atomic E-state index is 0.408. The average molecular weight is 221 g/mol. The Balaban J connectivity index is 2.08. The molecule has 0 aromatic heterocycles. The second-order valence-corrected chi connectivity index (χ2v) is 6.82. The summed E-state index contributed by atoms with van der Waals surface area (Å²) in [5.74, 6) is 0.850. The normalized spacial score (nSPS) is 18.3. The molecule has 0 amide bonds. The van der Waals surface area contributed by atoms with E-state index in [2.05, 4.69) is 36.8 Å². The highest BCUT2D eigenvalue weighted by Crippen LogP contribution is 2.32. The molecule has 0 aliphatic heterocycles. The van der Waals surface area contributed by atoms with Gasteiger partial charge in [-0.25, -0.2) is 0 Å². The van der Waals surface area contributed by atoms with Crippen molar-refractivity contribution in [2.24, 2.45) is 0 Å². The summed E-state index contributed by atoms with van der Waals surface area (Å²) in [5, 5.41) is 0. The molecule has 2 rings (SSSR count). The Morgan fingerprint density at radius 2 is 1.53 bits per heavy atom. The fourth-order valence-electron chi connectivity index (χ4n) is 2.45. The maximum atomic E-state index is 2.36. The van der Waals surface area contributed by atoms with Gasteiger partial charge in [-0.3, -0.25) is 0 Å². The van der Waals surface area contributed by atoms with E-state index in [0.29, 0.717) is 10.9 Å². The number of rotatable bonds is 2. The van der Waals surface area contributed by atoms with Crippen molar-refractivity contribution >= 4 is 10.9 Å². The molecule has 1 aliphatic carbocycles. The van der Waals surface area contributed by atoms with Crippen LogP contribution in [0.3, 0.4) is 0 Å². The highest BCUT2D eigenvalue weighted by atomic mass is 32.2. The smallest absolute Gasteiger partial charge is 0.0538 e. The highest BCUT2D eigenvalue weighted by Gasteiger charge is 2.16. The first kappa shape index (κ1) is 11.1. The van der Waals surface area contributed by atoms with Crippen LogP contribution in [-0.2, 0) is 10.9 Å². The fraction of sp³-hybridized carbons (Fsp3) is 0.571. The Kier molecular flexibility index (Phi) is 3.74. The van der Waals surface area contributed by atoms with Gasteiger partial charge in [0.2, 0.25) is 0 Å². The lowest BCUT2D eigenvalue weighted by Gasteiger charge is -2.21. The molecule has 1 saturated carbocycles. The molecule has 1 aromatic carbocycles. The summed E-state index contributed by atoms with van der Waals surface area (Å²) in [5.41, 5.74) is 1.57. The second kappa shape index (κ2) is 5.07. The Bertz CT molecular complexity index is 294. The molecule has 0 radical (unpaired) electrons. The standard InChI is InChI=1S/C14H21S/c1-15(2)14-10-8-13(9-11-14)12-6-4-3-5-7-12/h8-12H,3-7H2,1-2H3/q+1. The molecule has 82 valence electrons. The van der Waals surface area contributed by atoms with Crippen molar-refractivity contribution in [3.8, 4) is 0 Å². The van der Waals surface area contributed by atoms with Crippen molar-refractivity contribution in [2.75, 3.05) is 12.5 Å². The Morgan fingerprint density at radius 1 is 0.933 bits per heavy atom. The molecule has 1 fully saturated rings. The van der Waals surface area contributed by atoms with Crippen LogP contribution in [-0.4, -0.2) is 12.5 Å². The topological polar surface area (TPSA) is 0 Å². The monoisotopic (exact) mass is 221 g/mol. The molecule has 0 spiro atoms. The van der Waals surface area contributed by atoms with E-state index in [4.69, 9.17) is 0 Å². The molecule has 0 unspecified atom stereocenters. The summed E-state index contributed by atoms with van der Waals surface area (Å²) in [7, 11) is 0.408. The lowest BCUT2D eigenvalue weighted by Crippen LogP contribution is -2.04. The highest BCUT2D eigenvalue weighted by molar-refractivity contribution is 7.95. The molecule has 0 nitrogen and oxygen atoms in total. The molecule has 0 bridgehead atoms. The summed E-state index contributed by atoms with van der Waals surface area (Å²) >= 11 is 0. The Labute approximate surface area is 96.4 Å². The third kappa shape index (κ3) is 2.78. The summed E-state index contributed by atoms with van der Waals surface area (Å²) in [6.45, 7) is 0. The van der Waals surface area contributed by atoms with E-state index in [0.717, 1.165) is 5.92 Å². The van der Waals surface area contributed by atoms with E-state index in [9.17, 15) is 0 Å². The third-order valence-corrected chi connectivity index (χ3v) is 4.64. The van der Waals surface area contributed by atoms with Gasteiger partial charge in [-0.2, -0.15) is 0 Å².